The molecule has 0 atom stereocenters. The van der Waals surface area contributed by atoms with Crippen molar-refractivity contribution in [3.63, 3.8) is 0 Å². The van der Waals surface area contributed by atoms with Crippen LogP contribution in [-0.2, 0) is 16.6 Å². The maximum absolute atomic E-state index is 13.8. The Morgan fingerprint density at radius 2 is 1.52 bits per heavy atom. The van der Waals surface area contributed by atoms with Crippen LogP contribution in [0.5, 0.6) is 0 Å². The summed E-state index contributed by atoms with van der Waals surface area (Å²) in [6, 6.07) is 7.57. The van der Waals surface area contributed by atoms with Crippen molar-refractivity contribution in [1.29, 1.82) is 0 Å². The van der Waals surface area contributed by atoms with Crippen molar-refractivity contribution in [2.75, 3.05) is 5.32 Å². The SMILES string of the molecule is Cc1c(NC(=O)C(F)(F)C(F)(F)C(F)(F)C(=O)O)c(=O)n(-c2ccccc2)n1C. The molecule has 7 nitrogen and oxygen atoms in total. The second-order valence-electron chi connectivity index (χ2n) is 5.92. The van der Waals surface area contributed by atoms with Gasteiger partial charge in [0.1, 0.15) is 5.69 Å². The summed E-state index contributed by atoms with van der Waals surface area (Å²) in [6.07, 6.45) is 0. The topological polar surface area (TPSA) is 93.3 Å². The molecule has 1 aromatic heterocycles. The third-order valence-electron chi connectivity index (χ3n) is 4.14. The van der Waals surface area contributed by atoms with Crippen molar-refractivity contribution in [3.05, 3.63) is 46.4 Å². The van der Waals surface area contributed by atoms with Crippen molar-refractivity contribution in [2.45, 2.75) is 24.7 Å². The highest BCUT2D eigenvalue weighted by Crippen LogP contribution is 2.46. The zero-order valence-electron chi connectivity index (χ0n) is 14.7. The van der Waals surface area contributed by atoms with Gasteiger partial charge in [-0.2, -0.15) is 26.3 Å². The fraction of sp³-hybridized carbons (Fsp3) is 0.312. The Balaban J connectivity index is 2.49. The molecular formula is C16H13F6N3O4. The van der Waals surface area contributed by atoms with E-state index in [1.807, 2.05) is 0 Å². The molecule has 2 N–H and O–H groups in total. The van der Waals surface area contributed by atoms with Crippen molar-refractivity contribution < 1.29 is 41.0 Å². The van der Waals surface area contributed by atoms with Crippen molar-refractivity contribution in [1.82, 2.24) is 9.36 Å². The summed E-state index contributed by atoms with van der Waals surface area (Å²) in [4.78, 5) is 34.4. The average molecular weight is 425 g/mol. The number of nitrogens with zero attached hydrogens (tertiary/aromatic N) is 2. The number of anilines is 1. The number of amides is 1. The van der Waals surface area contributed by atoms with Gasteiger partial charge < -0.3 is 10.4 Å². The molecular weight excluding hydrogens is 412 g/mol. The number of carbonyl (C=O) groups is 2. The number of carbonyl (C=O) groups excluding carboxylic acids is 1. The van der Waals surface area contributed by atoms with Crippen molar-refractivity contribution >= 4 is 17.6 Å². The number of alkyl halides is 6. The van der Waals surface area contributed by atoms with Crippen LogP contribution >= 0.6 is 0 Å². The summed E-state index contributed by atoms with van der Waals surface area (Å²) in [7, 11) is 1.30. The van der Waals surface area contributed by atoms with Crippen LogP contribution in [0.15, 0.2) is 35.1 Å². The van der Waals surface area contributed by atoms with Crippen molar-refractivity contribution in [2.24, 2.45) is 7.05 Å². The Labute approximate surface area is 158 Å². The number of nitrogens with one attached hydrogen (secondary N) is 1. The van der Waals surface area contributed by atoms with E-state index < -0.39 is 40.9 Å². The second-order valence-corrected chi connectivity index (χ2v) is 5.92. The lowest BCUT2D eigenvalue weighted by atomic mass is 10.0. The van der Waals surface area contributed by atoms with E-state index in [9.17, 15) is 40.7 Å². The van der Waals surface area contributed by atoms with E-state index in [1.165, 1.54) is 43.6 Å². The van der Waals surface area contributed by atoms with E-state index >= 15 is 0 Å². The molecule has 2 aromatic rings. The van der Waals surface area contributed by atoms with Gasteiger partial charge in [-0.25, -0.2) is 9.48 Å². The van der Waals surface area contributed by atoms with E-state index in [0.717, 1.165) is 9.36 Å². The zero-order chi connectivity index (χ0) is 22.4. The van der Waals surface area contributed by atoms with Crippen molar-refractivity contribution in [3.8, 4) is 5.69 Å². The van der Waals surface area contributed by atoms with E-state index in [-0.39, 0.29) is 11.4 Å². The molecule has 2 rings (SSSR count). The van der Waals surface area contributed by atoms with Crippen LogP contribution in [-0.4, -0.2) is 44.1 Å². The minimum atomic E-state index is -6.57. The van der Waals surface area contributed by atoms with Gasteiger partial charge in [-0.15, -0.1) is 0 Å². The third-order valence-corrected chi connectivity index (χ3v) is 4.14. The molecule has 0 saturated heterocycles. The first-order valence-electron chi connectivity index (χ1n) is 7.70. The summed E-state index contributed by atoms with van der Waals surface area (Å²) in [6.45, 7) is 1.18. The van der Waals surface area contributed by atoms with Crippen LogP contribution in [0.3, 0.4) is 0 Å². The van der Waals surface area contributed by atoms with Gasteiger partial charge in [-0.05, 0) is 19.1 Å². The number of aromatic nitrogens is 2. The molecule has 158 valence electrons. The Bertz CT molecular complexity index is 1010. The summed E-state index contributed by atoms with van der Waals surface area (Å²) in [5.41, 5.74) is -1.89. The molecule has 0 fully saturated rings. The first-order valence-corrected chi connectivity index (χ1v) is 7.70. The third kappa shape index (κ3) is 3.25. The first kappa shape index (κ1) is 22.0. The van der Waals surface area contributed by atoms with Gasteiger partial charge in [-0.3, -0.25) is 14.3 Å². The summed E-state index contributed by atoms with van der Waals surface area (Å²) in [5, 5.41) is 9.33. The van der Waals surface area contributed by atoms with Gasteiger partial charge in [0, 0.05) is 7.05 Å². The molecule has 0 spiro atoms. The fourth-order valence-electron chi connectivity index (χ4n) is 2.38. The fourth-order valence-corrected chi connectivity index (χ4v) is 2.38. The summed E-state index contributed by atoms with van der Waals surface area (Å²) in [5.74, 6) is -25.5. The van der Waals surface area contributed by atoms with Crippen LogP contribution in [0.4, 0.5) is 32.0 Å². The number of carboxylic acids is 1. The van der Waals surface area contributed by atoms with Crippen LogP contribution < -0.4 is 10.9 Å². The number of halogens is 6. The standard InChI is InChI=1S/C16H13F6N3O4/c1-8-10(11(26)25(24(8)2)9-6-4-3-5-7-9)23-12(27)14(17,18)16(21,22)15(19,20)13(28)29/h3-7H,1-2H3,(H,23,27)(H,28,29). The van der Waals surface area contributed by atoms with Gasteiger partial charge in [0.2, 0.25) is 0 Å². The van der Waals surface area contributed by atoms with E-state index in [0.29, 0.717) is 0 Å². The molecule has 29 heavy (non-hydrogen) atoms. The molecule has 0 aliphatic rings. The van der Waals surface area contributed by atoms with Gasteiger partial charge in [0.15, 0.2) is 0 Å². The smallest absolute Gasteiger partial charge is 0.411 e. The molecule has 1 aromatic carbocycles. The Morgan fingerprint density at radius 3 is 2.00 bits per heavy atom. The predicted octanol–water partition coefficient (Wildman–Crippen LogP) is 2.41. The number of carboxylic acid groups (broad SMARTS) is 1. The molecule has 0 saturated carbocycles. The summed E-state index contributed by atoms with van der Waals surface area (Å²) >= 11 is 0. The number of benzene rings is 1. The molecule has 0 bridgehead atoms. The zero-order valence-corrected chi connectivity index (χ0v) is 14.7. The Hall–Kier alpha value is -3.25. The van der Waals surface area contributed by atoms with Gasteiger partial charge in [0.25, 0.3) is 5.56 Å². The monoisotopic (exact) mass is 425 g/mol. The van der Waals surface area contributed by atoms with E-state index in [2.05, 4.69) is 0 Å². The highest BCUT2D eigenvalue weighted by atomic mass is 19.3. The van der Waals surface area contributed by atoms with Gasteiger partial charge in [0.05, 0.1) is 11.4 Å². The van der Waals surface area contributed by atoms with Crippen LogP contribution in [0.2, 0.25) is 0 Å². The number of hydrogen-bond acceptors (Lipinski definition) is 3. The number of hydrogen-bond donors (Lipinski definition) is 2. The molecule has 1 heterocycles. The Morgan fingerprint density at radius 1 is 1.00 bits per heavy atom. The van der Waals surface area contributed by atoms with Gasteiger partial charge in [-0.1, -0.05) is 18.2 Å². The lowest BCUT2D eigenvalue weighted by molar-refractivity contribution is -0.291. The maximum Gasteiger partial charge on any atom is 0.411 e. The van der Waals surface area contributed by atoms with E-state index in [4.69, 9.17) is 5.11 Å². The molecule has 0 radical (unpaired) electrons. The first-order chi connectivity index (χ1) is 13.2. The largest absolute Gasteiger partial charge is 0.477 e. The number of aliphatic carboxylic acids is 1. The normalized spacial score (nSPS) is 12.7. The molecule has 13 heteroatoms. The summed E-state index contributed by atoms with van der Waals surface area (Å²) < 4.78 is 82.8. The molecule has 1 amide bonds. The quantitative estimate of drug-likeness (QED) is 0.696. The van der Waals surface area contributed by atoms with Crippen LogP contribution in [0.25, 0.3) is 5.69 Å². The minimum absolute atomic E-state index is 0.156. The molecule has 0 unspecified atom stereocenters. The lowest BCUT2D eigenvalue weighted by Crippen LogP contribution is -2.62. The lowest BCUT2D eigenvalue weighted by Gasteiger charge is -2.29. The average Bonchev–Trinajstić information content (AvgIpc) is 2.85. The van der Waals surface area contributed by atoms with Crippen LogP contribution in [0.1, 0.15) is 5.69 Å². The van der Waals surface area contributed by atoms with Gasteiger partial charge >= 0.3 is 29.6 Å². The molecule has 0 aliphatic carbocycles. The minimum Gasteiger partial charge on any atom is -0.477 e. The van der Waals surface area contributed by atoms with E-state index in [1.54, 1.807) is 6.07 Å². The second kappa shape index (κ2) is 6.97. The number of rotatable bonds is 6. The maximum atomic E-state index is 13.8. The number of para-hydroxylation sites is 1. The van der Waals surface area contributed by atoms with Crippen LogP contribution in [0, 0.1) is 6.92 Å². The highest BCUT2D eigenvalue weighted by Gasteiger charge is 2.78. The predicted molar refractivity (Wildman–Crippen MR) is 86.9 cm³/mol. The highest BCUT2D eigenvalue weighted by molar-refractivity contribution is 5.98. The Kier molecular flexibility index (Phi) is 5.30. The molecule has 0 aliphatic heterocycles.